The van der Waals surface area contributed by atoms with Crippen LogP contribution in [0.2, 0.25) is 0 Å². The first-order valence-electron chi connectivity index (χ1n) is 9.87. The molecule has 30 heavy (non-hydrogen) atoms. The molecule has 0 amide bonds. The standard InChI is InChI=1S/C22H23FN4O2S/c23-19-7-3-17(4-8-19)21-11-12-25-22(26-21)18-5-9-20(10-6-18)30(28,29)27-13-1-2-16(14-24)15-27/h3-12,16H,1-2,13-15,24H2. The van der Waals surface area contributed by atoms with Crippen LogP contribution in [0.4, 0.5) is 4.39 Å². The average molecular weight is 427 g/mol. The maximum absolute atomic E-state index is 13.2. The molecule has 1 aliphatic rings. The number of rotatable bonds is 5. The second-order valence-corrected chi connectivity index (χ2v) is 9.34. The number of benzene rings is 2. The van der Waals surface area contributed by atoms with Crippen LogP contribution in [0.25, 0.3) is 22.6 Å². The molecule has 2 heterocycles. The van der Waals surface area contributed by atoms with Crippen molar-refractivity contribution in [3.05, 3.63) is 66.6 Å². The molecule has 0 radical (unpaired) electrons. The number of sulfonamides is 1. The lowest BCUT2D eigenvalue weighted by molar-refractivity contribution is 0.271. The van der Waals surface area contributed by atoms with Crippen LogP contribution in [-0.4, -0.2) is 42.3 Å². The van der Waals surface area contributed by atoms with E-state index in [0.29, 0.717) is 36.7 Å². The molecule has 8 heteroatoms. The summed E-state index contributed by atoms with van der Waals surface area (Å²) in [5.41, 5.74) is 7.89. The van der Waals surface area contributed by atoms with Crippen LogP contribution >= 0.6 is 0 Å². The van der Waals surface area contributed by atoms with Crippen LogP contribution in [0.3, 0.4) is 0 Å². The Morgan fingerprint density at radius 3 is 2.43 bits per heavy atom. The zero-order chi connectivity index (χ0) is 21.1. The molecule has 2 aromatic carbocycles. The normalized spacial score (nSPS) is 17.7. The SMILES string of the molecule is NCC1CCCN(S(=O)(=O)c2ccc(-c3nccc(-c4ccc(F)cc4)n3)cc2)C1. The van der Waals surface area contributed by atoms with Gasteiger partial charge in [-0.1, -0.05) is 0 Å². The number of hydrogen-bond acceptors (Lipinski definition) is 5. The van der Waals surface area contributed by atoms with Crippen molar-refractivity contribution in [2.75, 3.05) is 19.6 Å². The highest BCUT2D eigenvalue weighted by atomic mass is 32.2. The van der Waals surface area contributed by atoms with Gasteiger partial charge in [-0.25, -0.2) is 22.8 Å². The maximum Gasteiger partial charge on any atom is 0.243 e. The first-order chi connectivity index (χ1) is 14.5. The van der Waals surface area contributed by atoms with E-state index < -0.39 is 10.0 Å². The van der Waals surface area contributed by atoms with E-state index in [1.807, 2.05) is 0 Å². The maximum atomic E-state index is 13.2. The fraction of sp³-hybridized carbons (Fsp3) is 0.273. The Morgan fingerprint density at radius 1 is 1.03 bits per heavy atom. The Kier molecular flexibility index (Phi) is 5.90. The summed E-state index contributed by atoms with van der Waals surface area (Å²) in [6, 6.07) is 14.4. The molecule has 0 aliphatic carbocycles. The molecule has 1 aromatic heterocycles. The first kappa shape index (κ1) is 20.6. The van der Waals surface area contributed by atoms with Crippen LogP contribution in [-0.2, 0) is 10.0 Å². The van der Waals surface area contributed by atoms with Crippen LogP contribution in [0.15, 0.2) is 65.7 Å². The third-order valence-electron chi connectivity index (χ3n) is 5.36. The zero-order valence-corrected chi connectivity index (χ0v) is 17.2. The Labute approximate surface area is 175 Å². The van der Waals surface area contributed by atoms with Gasteiger partial charge in [-0.05, 0) is 79.9 Å². The lowest BCUT2D eigenvalue weighted by Crippen LogP contribution is -2.41. The van der Waals surface area contributed by atoms with Gasteiger partial charge >= 0.3 is 0 Å². The number of nitrogens with two attached hydrogens (primary N) is 1. The van der Waals surface area contributed by atoms with Crippen LogP contribution in [0.1, 0.15) is 12.8 Å². The number of piperidine rings is 1. The van der Waals surface area contributed by atoms with Crippen molar-refractivity contribution in [3.8, 4) is 22.6 Å². The van der Waals surface area contributed by atoms with Gasteiger partial charge in [0.15, 0.2) is 5.82 Å². The highest BCUT2D eigenvalue weighted by Gasteiger charge is 2.29. The van der Waals surface area contributed by atoms with Crippen molar-refractivity contribution in [1.29, 1.82) is 0 Å². The number of aromatic nitrogens is 2. The van der Waals surface area contributed by atoms with E-state index in [0.717, 1.165) is 18.4 Å². The molecular formula is C22H23FN4O2S. The molecule has 1 unspecified atom stereocenters. The highest BCUT2D eigenvalue weighted by Crippen LogP contribution is 2.26. The quantitative estimate of drug-likeness (QED) is 0.676. The van der Waals surface area contributed by atoms with E-state index in [2.05, 4.69) is 9.97 Å². The van der Waals surface area contributed by atoms with Gasteiger partial charge in [0.1, 0.15) is 5.82 Å². The molecule has 1 atom stereocenters. The highest BCUT2D eigenvalue weighted by molar-refractivity contribution is 7.89. The molecule has 4 rings (SSSR count). The van der Waals surface area contributed by atoms with E-state index in [4.69, 9.17) is 5.73 Å². The summed E-state index contributed by atoms with van der Waals surface area (Å²) in [5.74, 6) is 0.369. The van der Waals surface area contributed by atoms with E-state index in [9.17, 15) is 12.8 Å². The summed E-state index contributed by atoms with van der Waals surface area (Å²) >= 11 is 0. The average Bonchev–Trinajstić information content (AvgIpc) is 2.80. The van der Waals surface area contributed by atoms with E-state index in [1.165, 1.54) is 16.4 Å². The topological polar surface area (TPSA) is 89.2 Å². The molecule has 2 N–H and O–H groups in total. The van der Waals surface area contributed by atoms with Crippen LogP contribution < -0.4 is 5.73 Å². The smallest absolute Gasteiger partial charge is 0.243 e. The minimum atomic E-state index is -3.56. The Bertz CT molecular complexity index is 1120. The number of hydrogen-bond donors (Lipinski definition) is 1. The van der Waals surface area contributed by atoms with Crippen molar-refractivity contribution in [2.24, 2.45) is 11.7 Å². The van der Waals surface area contributed by atoms with Gasteiger partial charge in [0.2, 0.25) is 10.0 Å². The fourth-order valence-electron chi connectivity index (χ4n) is 3.64. The summed E-state index contributed by atoms with van der Waals surface area (Å²) in [6.45, 7) is 1.47. The Hall–Kier alpha value is -2.68. The lowest BCUT2D eigenvalue weighted by Gasteiger charge is -2.31. The minimum absolute atomic E-state index is 0.204. The van der Waals surface area contributed by atoms with Crippen molar-refractivity contribution in [1.82, 2.24) is 14.3 Å². The Balaban J connectivity index is 1.58. The van der Waals surface area contributed by atoms with E-state index in [1.54, 1.807) is 48.7 Å². The molecule has 0 bridgehead atoms. The third-order valence-corrected chi connectivity index (χ3v) is 7.24. The summed E-state index contributed by atoms with van der Waals surface area (Å²) in [4.78, 5) is 9.08. The summed E-state index contributed by atoms with van der Waals surface area (Å²) < 4.78 is 40.7. The van der Waals surface area contributed by atoms with Gasteiger partial charge in [-0.3, -0.25) is 0 Å². The number of nitrogens with zero attached hydrogens (tertiary/aromatic N) is 3. The van der Waals surface area contributed by atoms with Gasteiger partial charge in [0.25, 0.3) is 0 Å². The molecule has 156 valence electrons. The first-order valence-corrected chi connectivity index (χ1v) is 11.3. The molecule has 1 fully saturated rings. The fourth-order valence-corrected chi connectivity index (χ4v) is 5.20. The monoisotopic (exact) mass is 426 g/mol. The summed E-state index contributed by atoms with van der Waals surface area (Å²) in [5, 5.41) is 0. The van der Waals surface area contributed by atoms with Crippen molar-refractivity contribution >= 4 is 10.0 Å². The predicted molar refractivity (Wildman–Crippen MR) is 113 cm³/mol. The van der Waals surface area contributed by atoms with Crippen molar-refractivity contribution < 1.29 is 12.8 Å². The van der Waals surface area contributed by atoms with Gasteiger partial charge in [0.05, 0.1) is 10.6 Å². The van der Waals surface area contributed by atoms with Gasteiger partial charge in [-0.2, -0.15) is 4.31 Å². The second kappa shape index (κ2) is 8.59. The molecule has 3 aromatic rings. The lowest BCUT2D eigenvalue weighted by atomic mass is 10.0. The van der Waals surface area contributed by atoms with Gasteiger partial charge in [0, 0.05) is 30.4 Å². The summed E-state index contributed by atoms with van der Waals surface area (Å²) in [6.07, 6.45) is 3.42. The largest absolute Gasteiger partial charge is 0.330 e. The predicted octanol–water partition coefficient (Wildman–Crippen LogP) is 3.31. The molecule has 6 nitrogen and oxygen atoms in total. The van der Waals surface area contributed by atoms with Crippen LogP contribution in [0.5, 0.6) is 0 Å². The summed E-state index contributed by atoms with van der Waals surface area (Å²) in [7, 11) is -3.56. The minimum Gasteiger partial charge on any atom is -0.330 e. The van der Waals surface area contributed by atoms with Crippen molar-refractivity contribution in [2.45, 2.75) is 17.7 Å². The molecule has 0 spiro atoms. The molecular weight excluding hydrogens is 403 g/mol. The molecule has 1 saturated heterocycles. The molecule has 1 aliphatic heterocycles. The van der Waals surface area contributed by atoms with Gasteiger partial charge in [-0.15, -0.1) is 0 Å². The van der Waals surface area contributed by atoms with E-state index in [-0.39, 0.29) is 16.6 Å². The van der Waals surface area contributed by atoms with Crippen LogP contribution in [0, 0.1) is 11.7 Å². The van der Waals surface area contributed by atoms with Gasteiger partial charge < -0.3 is 5.73 Å². The second-order valence-electron chi connectivity index (χ2n) is 7.40. The third kappa shape index (κ3) is 4.26. The number of halogens is 1. The van der Waals surface area contributed by atoms with E-state index >= 15 is 0 Å². The zero-order valence-electron chi connectivity index (χ0n) is 16.4. The molecule has 0 saturated carbocycles. The van der Waals surface area contributed by atoms with Crippen molar-refractivity contribution in [3.63, 3.8) is 0 Å². The Morgan fingerprint density at radius 2 is 1.73 bits per heavy atom.